The van der Waals surface area contributed by atoms with E-state index >= 15 is 0 Å². The highest BCUT2D eigenvalue weighted by Crippen LogP contribution is 2.39. The lowest BCUT2D eigenvalue weighted by Crippen LogP contribution is -2.35. The summed E-state index contributed by atoms with van der Waals surface area (Å²) in [5.41, 5.74) is 10.7. The van der Waals surface area contributed by atoms with Crippen LogP contribution in [0.4, 0.5) is 5.00 Å². The predicted octanol–water partition coefficient (Wildman–Crippen LogP) is 12.8. The summed E-state index contributed by atoms with van der Waals surface area (Å²) in [5, 5.41) is 29.4. The van der Waals surface area contributed by atoms with Crippen molar-refractivity contribution in [3.05, 3.63) is 110 Å². The molecule has 8 nitrogen and oxygen atoms in total. The monoisotopic (exact) mass is 861 g/mol. The molecule has 6 aromatic rings. The van der Waals surface area contributed by atoms with Crippen LogP contribution in [0.15, 0.2) is 77.1 Å². The van der Waals surface area contributed by atoms with Crippen LogP contribution in [-0.4, -0.2) is 47.5 Å². The number of thiophene rings is 2. The third kappa shape index (κ3) is 11.0. The molecule has 3 aromatic carbocycles. The SMILES string of the molecule is CC(=N)N1C(=N)CN=C(c2ccc(Cl)cc2)c2c1sc(C)c2C.CCn1c2ccc(CNCCCCCCCCCCNC(C)=O)cc2c2ccc(-c3cc(C)cs3)cc21. The first-order valence-corrected chi connectivity index (χ1v) is 23.4. The molecule has 0 bridgehead atoms. The second-order valence-corrected chi connectivity index (χ2v) is 18.4. The zero-order valence-corrected chi connectivity index (χ0v) is 38.5. The Kier molecular flexibility index (Phi) is 15.9. The van der Waals surface area contributed by atoms with Gasteiger partial charge in [-0.05, 0) is 118 Å². The molecule has 1 aliphatic rings. The lowest BCUT2D eigenvalue weighted by molar-refractivity contribution is -0.118. The Labute approximate surface area is 369 Å². The van der Waals surface area contributed by atoms with Crippen molar-refractivity contribution >= 4 is 84.4 Å². The summed E-state index contributed by atoms with van der Waals surface area (Å²) in [5.74, 6) is 0.742. The molecule has 4 N–H and O–H groups in total. The maximum atomic E-state index is 10.9. The van der Waals surface area contributed by atoms with Gasteiger partial charge in [-0.15, -0.1) is 22.7 Å². The van der Waals surface area contributed by atoms with Crippen LogP contribution in [0.3, 0.4) is 0 Å². The fourth-order valence-corrected chi connectivity index (χ4v) is 10.2. The van der Waals surface area contributed by atoms with E-state index in [-0.39, 0.29) is 12.5 Å². The van der Waals surface area contributed by atoms with Gasteiger partial charge in [0.2, 0.25) is 5.91 Å². The number of unbranched alkanes of at least 4 members (excludes halogenated alkanes) is 7. The summed E-state index contributed by atoms with van der Waals surface area (Å²) in [7, 11) is 0. The number of aryl methyl sites for hydroxylation is 3. The molecule has 3 aromatic heterocycles. The van der Waals surface area contributed by atoms with Crippen LogP contribution in [-0.2, 0) is 17.9 Å². The van der Waals surface area contributed by atoms with Gasteiger partial charge in [0.25, 0.3) is 0 Å². The highest BCUT2D eigenvalue weighted by molar-refractivity contribution is 7.17. The second kappa shape index (κ2) is 21.3. The number of amidine groups is 2. The van der Waals surface area contributed by atoms with Crippen LogP contribution >= 0.6 is 34.3 Å². The summed E-state index contributed by atoms with van der Waals surface area (Å²) in [6.45, 7) is 15.9. The highest BCUT2D eigenvalue weighted by Gasteiger charge is 2.29. The fraction of sp³-hybridized carbons (Fsp3) is 0.388. The van der Waals surface area contributed by atoms with E-state index in [9.17, 15) is 4.79 Å². The number of hydrogen-bond acceptors (Lipinski definition) is 7. The van der Waals surface area contributed by atoms with Gasteiger partial charge in [-0.3, -0.25) is 25.5 Å². The average molecular weight is 863 g/mol. The molecule has 11 heteroatoms. The second-order valence-electron chi connectivity index (χ2n) is 15.8. The molecule has 0 saturated carbocycles. The van der Waals surface area contributed by atoms with E-state index in [1.807, 2.05) is 35.6 Å². The van der Waals surface area contributed by atoms with E-state index in [4.69, 9.17) is 22.4 Å². The zero-order valence-electron chi connectivity index (χ0n) is 36.1. The normalized spacial score (nSPS) is 12.6. The minimum absolute atomic E-state index is 0.0804. The quantitative estimate of drug-likeness (QED) is 0.0442. The van der Waals surface area contributed by atoms with Gasteiger partial charge in [0.1, 0.15) is 16.7 Å². The number of halogens is 1. The van der Waals surface area contributed by atoms with Crippen LogP contribution in [0.5, 0.6) is 0 Å². The van der Waals surface area contributed by atoms with Crippen LogP contribution in [0.25, 0.3) is 32.2 Å². The van der Waals surface area contributed by atoms with Gasteiger partial charge in [0.05, 0.1) is 12.3 Å². The summed E-state index contributed by atoms with van der Waals surface area (Å²) in [6.07, 6.45) is 10.1. The van der Waals surface area contributed by atoms with Crippen molar-refractivity contribution in [1.29, 1.82) is 10.8 Å². The van der Waals surface area contributed by atoms with Crippen molar-refractivity contribution in [2.45, 2.75) is 106 Å². The van der Waals surface area contributed by atoms with E-state index in [2.05, 4.69) is 95.7 Å². The molecule has 0 atom stereocenters. The molecule has 0 fully saturated rings. The Balaban J connectivity index is 0.000000224. The Morgan fingerprint density at radius 3 is 2.17 bits per heavy atom. The molecular formula is C49H60ClN7OS2. The molecule has 0 unspecified atom stereocenters. The summed E-state index contributed by atoms with van der Waals surface area (Å²) in [6, 6.07) is 23.8. The molecule has 4 heterocycles. The minimum Gasteiger partial charge on any atom is -0.356 e. The van der Waals surface area contributed by atoms with Crippen LogP contribution < -0.4 is 15.5 Å². The molecule has 0 radical (unpaired) electrons. The predicted molar refractivity (Wildman–Crippen MR) is 260 cm³/mol. The lowest BCUT2D eigenvalue weighted by atomic mass is 10.00. The number of nitrogens with zero attached hydrogens (tertiary/aromatic N) is 3. The first-order valence-electron chi connectivity index (χ1n) is 21.4. The van der Waals surface area contributed by atoms with Crippen LogP contribution in [0.1, 0.15) is 105 Å². The average Bonchev–Trinajstić information content (AvgIpc) is 3.86. The van der Waals surface area contributed by atoms with Gasteiger partial charge in [-0.25, -0.2) is 0 Å². The molecule has 316 valence electrons. The maximum Gasteiger partial charge on any atom is 0.216 e. The van der Waals surface area contributed by atoms with Crippen molar-refractivity contribution in [3.8, 4) is 10.4 Å². The third-order valence-electron chi connectivity index (χ3n) is 11.2. The fourth-order valence-electron chi connectivity index (χ4n) is 7.94. The molecule has 7 rings (SSSR count). The third-order valence-corrected chi connectivity index (χ3v) is 13.7. The number of anilines is 1. The lowest BCUT2D eigenvalue weighted by Gasteiger charge is -2.21. The van der Waals surface area contributed by atoms with E-state index in [1.165, 1.54) is 93.2 Å². The summed E-state index contributed by atoms with van der Waals surface area (Å²) >= 11 is 9.43. The minimum atomic E-state index is 0.0804. The number of amides is 1. The number of aliphatic imine (C=N–C) groups is 1. The van der Waals surface area contributed by atoms with E-state index in [0.29, 0.717) is 16.7 Å². The first kappa shape index (κ1) is 44.9. The van der Waals surface area contributed by atoms with Gasteiger partial charge in [0.15, 0.2) is 0 Å². The molecule has 1 aliphatic heterocycles. The van der Waals surface area contributed by atoms with Gasteiger partial charge < -0.3 is 15.2 Å². The molecule has 1 amide bonds. The van der Waals surface area contributed by atoms with Crippen molar-refractivity contribution < 1.29 is 4.79 Å². The largest absolute Gasteiger partial charge is 0.356 e. The van der Waals surface area contributed by atoms with Crippen LogP contribution in [0, 0.1) is 31.6 Å². The Bertz CT molecular complexity index is 2470. The van der Waals surface area contributed by atoms with E-state index in [1.54, 1.807) is 30.1 Å². The number of benzene rings is 3. The van der Waals surface area contributed by atoms with Gasteiger partial charge in [-0.2, -0.15) is 0 Å². The smallest absolute Gasteiger partial charge is 0.216 e. The Morgan fingerprint density at radius 2 is 1.52 bits per heavy atom. The molecule has 0 aliphatic carbocycles. The number of aromatic nitrogens is 1. The zero-order chi connectivity index (χ0) is 42.8. The van der Waals surface area contributed by atoms with Crippen molar-refractivity contribution in [1.82, 2.24) is 15.2 Å². The van der Waals surface area contributed by atoms with Gasteiger partial charge in [0, 0.05) is 74.3 Å². The van der Waals surface area contributed by atoms with Crippen LogP contribution in [0.2, 0.25) is 5.02 Å². The standard InChI is InChI=1S/C32H43N3OS.C17H17ClN4S/c1-4-35-30-16-13-26(22-33-17-11-9-7-5-6-8-10-12-18-34-25(3)36)20-29(30)28-15-14-27(21-31(28)35)32-19-24(2)23-37-32;1-9-10(2)23-17-15(9)16(12-4-6-13(18)7-5-12)21-8-14(20)22(17)11(3)19/h13-16,19-21,23,33H,4-12,17-18,22H2,1-3H3,(H,34,36);4-7,19-20H,8H2,1-3H3. The molecular weight excluding hydrogens is 802 g/mol. The van der Waals surface area contributed by atoms with Crippen molar-refractivity contribution in [3.63, 3.8) is 0 Å². The number of carbonyl (C=O) groups excluding carboxylic acids is 1. The number of carbonyl (C=O) groups is 1. The van der Waals surface area contributed by atoms with E-state index < -0.39 is 0 Å². The Hall–Kier alpha value is -4.61. The summed E-state index contributed by atoms with van der Waals surface area (Å²) in [4.78, 5) is 19.7. The first-order chi connectivity index (χ1) is 29.0. The van der Waals surface area contributed by atoms with Crippen molar-refractivity contribution in [2.24, 2.45) is 4.99 Å². The van der Waals surface area contributed by atoms with Crippen molar-refractivity contribution in [2.75, 3.05) is 24.5 Å². The molecule has 0 saturated heterocycles. The number of hydrogen-bond donors (Lipinski definition) is 4. The molecule has 0 spiro atoms. The topological polar surface area (TPSA) is 109 Å². The number of rotatable bonds is 16. The summed E-state index contributed by atoms with van der Waals surface area (Å²) < 4.78 is 2.45. The van der Waals surface area contributed by atoms with Gasteiger partial charge >= 0.3 is 0 Å². The molecule has 60 heavy (non-hydrogen) atoms. The highest BCUT2D eigenvalue weighted by atomic mass is 35.5. The Morgan fingerprint density at radius 1 is 0.833 bits per heavy atom. The maximum absolute atomic E-state index is 10.9. The number of fused-ring (bicyclic) bond motifs is 4. The van der Waals surface area contributed by atoms with Gasteiger partial charge in [-0.1, -0.05) is 80.5 Å². The van der Waals surface area contributed by atoms with E-state index in [0.717, 1.165) is 60.0 Å². The number of nitrogens with one attached hydrogen (secondary N) is 4.